The molecule has 0 saturated carbocycles. The van der Waals surface area contributed by atoms with Gasteiger partial charge in [-0.1, -0.05) is 17.3 Å². The van der Waals surface area contributed by atoms with Gasteiger partial charge in [-0.25, -0.2) is 0 Å². The Hall–Kier alpha value is -1.51. The fourth-order valence-corrected chi connectivity index (χ4v) is 1.31. The topological polar surface area (TPSA) is 38.1 Å². The molecule has 1 aliphatic rings. The van der Waals surface area contributed by atoms with Crippen molar-refractivity contribution >= 4 is 6.08 Å². The van der Waals surface area contributed by atoms with Crippen molar-refractivity contribution in [2.75, 3.05) is 0 Å². The predicted molar refractivity (Wildman–Crippen MR) is 50.8 cm³/mol. The van der Waals surface area contributed by atoms with E-state index in [-0.39, 0.29) is 0 Å². The van der Waals surface area contributed by atoms with E-state index in [1.807, 2.05) is 18.3 Å². The first kappa shape index (κ1) is 8.10. The smallest absolute Gasteiger partial charge is 0.159 e. The van der Waals surface area contributed by atoms with E-state index in [0.29, 0.717) is 6.04 Å². The second kappa shape index (κ2) is 3.94. The lowest BCUT2D eigenvalue weighted by atomic mass is 10.1. The van der Waals surface area contributed by atoms with Gasteiger partial charge in [-0.05, 0) is 25.1 Å². The minimum Gasteiger partial charge on any atom is -0.385 e. The molecule has 1 N–H and O–H groups in total. The maximum atomic E-state index is 4.94. The molecule has 3 nitrogen and oxygen atoms in total. The van der Waals surface area contributed by atoms with E-state index in [1.54, 1.807) is 6.20 Å². The molecular formula is C10H12N2O. The number of allylic oxidation sites excluding steroid dienone is 1. The molecule has 1 aliphatic heterocycles. The lowest BCUT2D eigenvalue weighted by molar-refractivity contribution is 0.412. The third kappa shape index (κ3) is 2.21. The lowest BCUT2D eigenvalue weighted by Crippen LogP contribution is -2.23. The Bertz CT molecular complexity index is 301. The molecule has 1 atom stereocenters. The van der Waals surface area contributed by atoms with Gasteiger partial charge in [-0.15, -0.1) is 0 Å². The Balaban J connectivity index is 1.93. The summed E-state index contributed by atoms with van der Waals surface area (Å²) in [7, 11) is 0. The van der Waals surface area contributed by atoms with E-state index < -0.39 is 0 Å². The quantitative estimate of drug-likeness (QED) is 0.748. The van der Waals surface area contributed by atoms with Crippen LogP contribution in [0.3, 0.4) is 0 Å². The van der Waals surface area contributed by atoms with E-state index >= 15 is 0 Å². The van der Waals surface area contributed by atoms with Crippen LogP contribution in [0.25, 0.3) is 6.08 Å². The molecule has 0 aromatic carbocycles. The Morgan fingerprint density at radius 3 is 3.31 bits per heavy atom. The molecule has 0 aliphatic carbocycles. The summed E-state index contributed by atoms with van der Waals surface area (Å²) >= 11 is 0. The maximum Gasteiger partial charge on any atom is 0.159 e. The highest BCUT2D eigenvalue weighted by atomic mass is 16.5. The molecule has 0 spiro atoms. The second-order valence-corrected chi connectivity index (χ2v) is 3.03. The van der Waals surface area contributed by atoms with Crippen molar-refractivity contribution in [1.82, 2.24) is 10.5 Å². The molecule has 2 rings (SSSR count). The summed E-state index contributed by atoms with van der Waals surface area (Å²) in [5.74, 6) is 0.802. The van der Waals surface area contributed by atoms with Crippen molar-refractivity contribution in [2.24, 2.45) is 0 Å². The van der Waals surface area contributed by atoms with Crippen LogP contribution in [0.15, 0.2) is 35.1 Å². The van der Waals surface area contributed by atoms with Gasteiger partial charge in [0, 0.05) is 12.1 Å². The average Bonchev–Trinajstić information content (AvgIpc) is 2.69. The van der Waals surface area contributed by atoms with E-state index in [2.05, 4.69) is 22.6 Å². The predicted octanol–water partition coefficient (Wildman–Crippen LogP) is 1.95. The lowest BCUT2D eigenvalue weighted by Gasteiger charge is -2.15. The molecule has 1 unspecified atom stereocenters. The van der Waals surface area contributed by atoms with Gasteiger partial charge in [0.25, 0.3) is 0 Å². The van der Waals surface area contributed by atoms with Gasteiger partial charge in [0.15, 0.2) is 5.76 Å². The highest BCUT2D eigenvalue weighted by Gasteiger charge is 2.03. The normalized spacial score (nSPS) is 22.0. The van der Waals surface area contributed by atoms with Crippen LogP contribution in [0.4, 0.5) is 0 Å². The summed E-state index contributed by atoms with van der Waals surface area (Å²) in [6.07, 6.45) is 12.1. The Morgan fingerprint density at radius 2 is 2.62 bits per heavy atom. The molecule has 3 heteroatoms. The van der Waals surface area contributed by atoms with Crippen molar-refractivity contribution in [3.63, 3.8) is 0 Å². The summed E-state index contributed by atoms with van der Waals surface area (Å²) in [4.78, 5) is 0. The highest BCUT2D eigenvalue weighted by Crippen LogP contribution is 2.07. The Kier molecular flexibility index (Phi) is 2.45. The molecule has 13 heavy (non-hydrogen) atoms. The van der Waals surface area contributed by atoms with Crippen LogP contribution in [-0.2, 0) is 0 Å². The van der Waals surface area contributed by atoms with Crippen molar-refractivity contribution in [1.29, 1.82) is 0 Å². The highest BCUT2D eigenvalue weighted by molar-refractivity contribution is 5.42. The first-order valence-corrected chi connectivity index (χ1v) is 4.45. The van der Waals surface area contributed by atoms with Crippen LogP contribution in [-0.4, -0.2) is 11.2 Å². The van der Waals surface area contributed by atoms with Gasteiger partial charge in [0.2, 0.25) is 0 Å². The zero-order chi connectivity index (χ0) is 8.93. The molecule has 0 fully saturated rings. The molecule has 1 aromatic rings. The fourth-order valence-electron chi connectivity index (χ4n) is 1.31. The van der Waals surface area contributed by atoms with Gasteiger partial charge in [0.1, 0.15) is 0 Å². The molecule has 0 amide bonds. The van der Waals surface area contributed by atoms with Crippen molar-refractivity contribution in [3.8, 4) is 0 Å². The minimum atomic E-state index is 0.426. The van der Waals surface area contributed by atoms with E-state index in [4.69, 9.17) is 4.52 Å². The van der Waals surface area contributed by atoms with Gasteiger partial charge < -0.3 is 9.84 Å². The number of nitrogens with one attached hydrogen (secondary N) is 1. The van der Waals surface area contributed by atoms with Crippen LogP contribution >= 0.6 is 0 Å². The third-order valence-electron chi connectivity index (χ3n) is 2.02. The van der Waals surface area contributed by atoms with Crippen LogP contribution in [0, 0.1) is 0 Å². The number of hydrogen-bond acceptors (Lipinski definition) is 3. The van der Waals surface area contributed by atoms with Crippen molar-refractivity contribution in [3.05, 3.63) is 36.4 Å². The van der Waals surface area contributed by atoms with Crippen LogP contribution in [0.2, 0.25) is 0 Å². The standard InChI is InChI=1S/C10H12N2O/c1-2-7-11-9(3-1)4-5-10-6-8-12-13-10/h2,4-9,11H,1,3H2/b5-4+. The largest absolute Gasteiger partial charge is 0.385 e. The molecule has 0 bridgehead atoms. The Morgan fingerprint density at radius 1 is 1.62 bits per heavy atom. The SMILES string of the molecule is C1=CNC(/C=C/c2ccno2)CC1. The third-order valence-corrected chi connectivity index (χ3v) is 2.02. The number of nitrogens with zero attached hydrogens (tertiary/aromatic N) is 1. The summed E-state index contributed by atoms with van der Waals surface area (Å²) in [6, 6.07) is 2.27. The van der Waals surface area contributed by atoms with Gasteiger partial charge in [-0.3, -0.25) is 0 Å². The minimum absolute atomic E-state index is 0.426. The van der Waals surface area contributed by atoms with Crippen LogP contribution < -0.4 is 5.32 Å². The summed E-state index contributed by atoms with van der Waals surface area (Å²) in [6.45, 7) is 0. The van der Waals surface area contributed by atoms with E-state index in [9.17, 15) is 0 Å². The molecule has 1 aromatic heterocycles. The van der Waals surface area contributed by atoms with Gasteiger partial charge in [0.05, 0.1) is 6.20 Å². The molecular weight excluding hydrogens is 164 g/mol. The van der Waals surface area contributed by atoms with Gasteiger partial charge >= 0.3 is 0 Å². The monoisotopic (exact) mass is 176 g/mol. The van der Waals surface area contributed by atoms with Crippen molar-refractivity contribution < 1.29 is 4.52 Å². The Labute approximate surface area is 77.1 Å². The molecule has 2 heterocycles. The molecule has 0 saturated heterocycles. The first-order chi connectivity index (χ1) is 6.45. The van der Waals surface area contributed by atoms with E-state index in [1.165, 1.54) is 0 Å². The van der Waals surface area contributed by atoms with Crippen LogP contribution in [0.1, 0.15) is 18.6 Å². The number of hydrogen-bond donors (Lipinski definition) is 1. The van der Waals surface area contributed by atoms with Crippen LogP contribution in [0.5, 0.6) is 0 Å². The molecule has 68 valence electrons. The maximum absolute atomic E-state index is 4.94. The number of aromatic nitrogens is 1. The molecule has 0 radical (unpaired) electrons. The fraction of sp³-hybridized carbons (Fsp3) is 0.300. The van der Waals surface area contributed by atoms with E-state index in [0.717, 1.165) is 18.6 Å². The first-order valence-electron chi connectivity index (χ1n) is 4.45. The summed E-state index contributed by atoms with van der Waals surface area (Å²) < 4.78 is 4.94. The number of rotatable bonds is 2. The summed E-state index contributed by atoms with van der Waals surface area (Å²) in [5, 5.41) is 6.88. The van der Waals surface area contributed by atoms with Crippen molar-refractivity contribution in [2.45, 2.75) is 18.9 Å². The van der Waals surface area contributed by atoms with Gasteiger partial charge in [-0.2, -0.15) is 0 Å². The zero-order valence-electron chi connectivity index (χ0n) is 7.31. The second-order valence-electron chi connectivity index (χ2n) is 3.03. The summed E-state index contributed by atoms with van der Waals surface area (Å²) in [5.41, 5.74) is 0. The zero-order valence-corrected chi connectivity index (χ0v) is 7.31. The average molecular weight is 176 g/mol.